The molecule has 112 valence electrons. The van der Waals surface area contributed by atoms with E-state index in [-0.39, 0.29) is 12.5 Å². The van der Waals surface area contributed by atoms with Crippen LogP contribution >= 0.6 is 11.8 Å². The van der Waals surface area contributed by atoms with Gasteiger partial charge in [-0.1, -0.05) is 6.92 Å². The molecule has 0 aromatic rings. The molecule has 1 aliphatic heterocycles. The highest BCUT2D eigenvalue weighted by molar-refractivity contribution is 7.99. The number of aliphatic hydroxyl groups excluding tert-OH is 1. The molecule has 0 bridgehead atoms. The lowest BCUT2D eigenvalue weighted by atomic mass is 9.85. The predicted molar refractivity (Wildman–Crippen MR) is 81.4 cm³/mol. The number of hydrogen-bond donors (Lipinski definition) is 3. The molecule has 0 aromatic carbocycles. The molecule has 1 heterocycles. The standard InChI is InChI=1S/C14H28N2O2S/c1-12(13-4-2-5-15-11-13)10-14(18)16-6-9-19-8-3-7-17/h12-13,15,17H,2-11H2,1H3,(H,16,18). The molecule has 19 heavy (non-hydrogen) atoms. The van der Waals surface area contributed by atoms with Crippen molar-refractivity contribution >= 4 is 17.7 Å². The Morgan fingerprint density at radius 2 is 2.37 bits per heavy atom. The van der Waals surface area contributed by atoms with Crippen LogP contribution in [0.1, 0.15) is 32.6 Å². The Bertz CT molecular complexity index is 246. The van der Waals surface area contributed by atoms with E-state index in [0.29, 0.717) is 18.3 Å². The average Bonchev–Trinajstić information content (AvgIpc) is 2.43. The van der Waals surface area contributed by atoms with Gasteiger partial charge in [0.05, 0.1) is 0 Å². The van der Waals surface area contributed by atoms with Crippen LogP contribution in [0.25, 0.3) is 0 Å². The summed E-state index contributed by atoms with van der Waals surface area (Å²) in [4.78, 5) is 11.8. The largest absolute Gasteiger partial charge is 0.396 e. The molecule has 4 nitrogen and oxygen atoms in total. The van der Waals surface area contributed by atoms with Crippen molar-refractivity contribution in [2.75, 3.05) is 37.7 Å². The van der Waals surface area contributed by atoms with Gasteiger partial charge in [0.2, 0.25) is 5.91 Å². The summed E-state index contributed by atoms with van der Waals surface area (Å²) in [7, 11) is 0. The lowest BCUT2D eigenvalue weighted by Crippen LogP contribution is -2.36. The van der Waals surface area contributed by atoms with Crippen molar-refractivity contribution in [3.63, 3.8) is 0 Å². The first kappa shape index (κ1) is 16.8. The molecule has 1 saturated heterocycles. The summed E-state index contributed by atoms with van der Waals surface area (Å²) < 4.78 is 0. The van der Waals surface area contributed by atoms with E-state index in [9.17, 15) is 4.79 Å². The molecule has 0 aromatic heterocycles. The van der Waals surface area contributed by atoms with Crippen LogP contribution in [0, 0.1) is 11.8 Å². The molecule has 0 radical (unpaired) electrons. The van der Waals surface area contributed by atoms with Gasteiger partial charge in [0.1, 0.15) is 0 Å². The molecule has 3 N–H and O–H groups in total. The molecule has 1 rings (SSSR count). The van der Waals surface area contributed by atoms with Crippen molar-refractivity contribution < 1.29 is 9.90 Å². The third-order valence-corrected chi connectivity index (χ3v) is 4.73. The molecule has 5 heteroatoms. The first-order valence-electron chi connectivity index (χ1n) is 7.40. The van der Waals surface area contributed by atoms with E-state index in [0.717, 1.165) is 37.6 Å². The minimum Gasteiger partial charge on any atom is -0.396 e. The van der Waals surface area contributed by atoms with Gasteiger partial charge in [-0.05, 0) is 49.9 Å². The topological polar surface area (TPSA) is 61.4 Å². The van der Waals surface area contributed by atoms with Crippen LogP contribution in [0.15, 0.2) is 0 Å². The summed E-state index contributed by atoms with van der Waals surface area (Å²) in [5, 5.41) is 15.0. The zero-order chi connectivity index (χ0) is 13.9. The second kappa shape index (κ2) is 10.5. The quantitative estimate of drug-likeness (QED) is 0.559. The summed E-state index contributed by atoms with van der Waals surface area (Å²) in [6.45, 7) is 5.37. The lowest BCUT2D eigenvalue weighted by molar-refractivity contribution is -0.122. The first-order valence-corrected chi connectivity index (χ1v) is 8.55. The van der Waals surface area contributed by atoms with Crippen molar-refractivity contribution in [1.29, 1.82) is 0 Å². The molecule has 1 amide bonds. The van der Waals surface area contributed by atoms with E-state index in [4.69, 9.17) is 5.11 Å². The van der Waals surface area contributed by atoms with Crippen LogP contribution < -0.4 is 10.6 Å². The number of hydrogen-bond acceptors (Lipinski definition) is 4. The number of piperidine rings is 1. The second-order valence-corrected chi connectivity index (χ2v) is 6.55. The first-order chi connectivity index (χ1) is 9.24. The SMILES string of the molecule is CC(CC(=O)NCCSCCCO)C1CCCNC1. The Hall–Kier alpha value is -0.260. The zero-order valence-electron chi connectivity index (χ0n) is 12.0. The third kappa shape index (κ3) is 7.80. The normalized spacial score (nSPS) is 21.1. The lowest BCUT2D eigenvalue weighted by Gasteiger charge is -2.28. The van der Waals surface area contributed by atoms with Gasteiger partial charge < -0.3 is 15.7 Å². The van der Waals surface area contributed by atoms with E-state index in [1.165, 1.54) is 12.8 Å². The minimum absolute atomic E-state index is 0.181. The maximum atomic E-state index is 11.8. The Morgan fingerprint density at radius 3 is 3.05 bits per heavy atom. The van der Waals surface area contributed by atoms with E-state index in [2.05, 4.69) is 17.6 Å². The fourth-order valence-electron chi connectivity index (χ4n) is 2.43. The van der Waals surface area contributed by atoms with E-state index in [1.54, 1.807) is 11.8 Å². The van der Waals surface area contributed by atoms with Crippen LogP contribution in [0.2, 0.25) is 0 Å². The number of nitrogens with one attached hydrogen (secondary N) is 2. The molecular formula is C14H28N2O2S. The predicted octanol–water partition coefficient (Wildman–Crippen LogP) is 1.24. The van der Waals surface area contributed by atoms with Crippen LogP contribution in [0.3, 0.4) is 0 Å². The fraction of sp³-hybridized carbons (Fsp3) is 0.929. The number of aliphatic hydroxyl groups is 1. The van der Waals surface area contributed by atoms with Gasteiger partial charge in [-0.25, -0.2) is 0 Å². The average molecular weight is 288 g/mol. The van der Waals surface area contributed by atoms with Crippen molar-refractivity contribution in [3.8, 4) is 0 Å². The van der Waals surface area contributed by atoms with Gasteiger partial charge in [0.25, 0.3) is 0 Å². The smallest absolute Gasteiger partial charge is 0.220 e. The Balaban J connectivity index is 2.02. The molecule has 0 aliphatic carbocycles. The van der Waals surface area contributed by atoms with Gasteiger partial charge in [0, 0.05) is 25.3 Å². The van der Waals surface area contributed by atoms with Gasteiger partial charge in [-0.2, -0.15) is 11.8 Å². The summed E-state index contributed by atoms with van der Waals surface area (Å²) in [6, 6.07) is 0. The van der Waals surface area contributed by atoms with Crippen LogP contribution in [0.5, 0.6) is 0 Å². The minimum atomic E-state index is 0.181. The number of carbonyl (C=O) groups excluding carboxylic acids is 1. The summed E-state index contributed by atoms with van der Waals surface area (Å²) >= 11 is 1.78. The molecule has 2 unspecified atom stereocenters. The fourth-order valence-corrected chi connectivity index (χ4v) is 3.21. The van der Waals surface area contributed by atoms with E-state index >= 15 is 0 Å². The van der Waals surface area contributed by atoms with Gasteiger partial charge in [0.15, 0.2) is 0 Å². The summed E-state index contributed by atoms with van der Waals surface area (Å²) in [5.74, 6) is 3.20. The van der Waals surface area contributed by atoms with Crippen molar-refractivity contribution in [3.05, 3.63) is 0 Å². The van der Waals surface area contributed by atoms with Crippen molar-refractivity contribution in [1.82, 2.24) is 10.6 Å². The summed E-state index contributed by atoms with van der Waals surface area (Å²) in [5.41, 5.74) is 0. The van der Waals surface area contributed by atoms with Gasteiger partial charge >= 0.3 is 0 Å². The third-order valence-electron chi connectivity index (χ3n) is 3.66. The number of rotatable bonds is 9. The maximum absolute atomic E-state index is 11.8. The zero-order valence-corrected chi connectivity index (χ0v) is 12.8. The monoisotopic (exact) mass is 288 g/mol. The van der Waals surface area contributed by atoms with Crippen molar-refractivity contribution in [2.45, 2.75) is 32.6 Å². The van der Waals surface area contributed by atoms with E-state index in [1.807, 2.05) is 0 Å². The van der Waals surface area contributed by atoms with Crippen LogP contribution in [-0.2, 0) is 4.79 Å². The molecule has 1 fully saturated rings. The number of amides is 1. The Kier molecular flexibility index (Phi) is 9.30. The highest BCUT2D eigenvalue weighted by atomic mass is 32.2. The maximum Gasteiger partial charge on any atom is 0.220 e. The molecule has 0 saturated carbocycles. The van der Waals surface area contributed by atoms with Gasteiger partial charge in [-0.3, -0.25) is 4.79 Å². The van der Waals surface area contributed by atoms with Crippen LogP contribution in [0.4, 0.5) is 0 Å². The number of carbonyl (C=O) groups is 1. The van der Waals surface area contributed by atoms with Gasteiger partial charge in [-0.15, -0.1) is 0 Å². The molecule has 1 aliphatic rings. The second-order valence-electron chi connectivity index (χ2n) is 5.33. The summed E-state index contributed by atoms with van der Waals surface area (Å²) in [6.07, 6.45) is 3.97. The van der Waals surface area contributed by atoms with Crippen molar-refractivity contribution in [2.24, 2.45) is 11.8 Å². The molecule has 0 spiro atoms. The highest BCUT2D eigenvalue weighted by Crippen LogP contribution is 2.22. The van der Waals surface area contributed by atoms with Crippen LogP contribution in [-0.4, -0.2) is 48.8 Å². The molecule has 2 atom stereocenters. The molecular weight excluding hydrogens is 260 g/mol. The Morgan fingerprint density at radius 1 is 1.53 bits per heavy atom. The van der Waals surface area contributed by atoms with E-state index < -0.39 is 0 Å². The Labute approximate surface area is 121 Å². The number of thioether (sulfide) groups is 1. The highest BCUT2D eigenvalue weighted by Gasteiger charge is 2.21.